The van der Waals surface area contributed by atoms with Gasteiger partial charge in [0.05, 0.1) is 11.0 Å². The van der Waals surface area contributed by atoms with E-state index < -0.39 is 10.0 Å². The molecule has 2 fully saturated rings. The third kappa shape index (κ3) is 4.61. The Bertz CT molecular complexity index is 969. The second-order valence-electron chi connectivity index (χ2n) is 7.63. The first-order chi connectivity index (χ1) is 13.9. The van der Waals surface area contributed by atoms with Crippen LogP contribution in [0.3, 0.4) is 0 Å². The Kier molecular flexibility index (Phi) is 6.16. The Morgan fingerprint density at radius 3 is 2.69 bits per heavy atom. The van der Waals surface area contributed by atoms with Crippen molar-refractivity contribution in [3.8, 4) is 10.6 Å². The number of nitrogens with one attached hydrogen (secondary N) is 1. The molecule has 4 heterocycles. The highest BCUT2D eigenvalue weighted by Gasteiger charge is 2.32. The average Bonchev–Trinajstić information content (AvgIpc) is 3.41. The second-order valence-corrected chi connectivity index (χ2v) is 10.9. The van der Waals surface area contributed by atoms with Crippen LogP contribution >= 0.6 is 11.3 Å². The predicted molar refractivity (Wildman–Crippen MR) is 112 cm³/mol. The first-order valence-corrected chi connectivity index (χ1v) is 12.2. The van der Waals surface area contributed by atoms with E-state index in [1.807, 2.05) is 0 Å². The van der Waals surface area contributed by atoms with Gasteiger partial charge in [0.25, 0.3) is 15.6 Å². The van der Waals surface area contributed by atoms with Crippen LogP contribution in [0.15, 0.2) is 33.3 Å². The number of ether oxygens (including phenoxy) is 1. The smallest absolute Gasteiger partial charge is 0.264 e. The van der Waals surface area contributed by atoms with Crippen molar-refractivity contribution in [2.75, 3.05) is 33.3 Å². The van der Waals surface area contributed by atoms with Gasteiger partial charge in [-0.05, 0) is 50.9 Å². The Hall–Kier alpha value is -1.59. The molecule has 0 unspecified atom stereocenters. The van der Waals surface area contributed by atoms with Gasteiger partial charge >= 0.3 is 0 Å². The Labute approximate surface area is 174 Å². The molecule has 2 aromatic heterocycles. The fourth-order valence-electron chi connectivity index (χ4n) is 3.99. The molecule has 2 saturated heterocycles. The van der Waals surface area contributed by atoms with Crippen molar-refractivity contribution in [1.29, 1.82) is 0 Å². The van der Waals surface area contributed by atoms with E-state index >= 15 is 0 Å². The Morgan fingerprint density at radius 2 is 2.03 bits per heavy atom. The van der Waals surface area contributed by atoms with Crippen LogP contribution in [-0.2, 0) is 14.8 Å². The molecule has 0 aromatic carbocycles. The number of hydrogen-bond donors (Lipinski definition) is 1. The van der Waals surface area contributed by atoms with Crippen LogP contribution in [0.2, 0.25) is 0 Å². The van der Waals surface area contributed by atoms with Gasteiger partial charge in [-0.2, -0.15) is 9.40 Å². The van der Waals surface area contributed by atoms with Crippen molar-refractivity contribution in [3.05, 3.63) is 34.6 Å². The van der Waals surface area contributed by atoms with Gasteiger partial charge in [0.1, 0.15) is 9.90 Å². The van der Waals surface area contributed by atoms with E-state index in [-0.39, 0.29) is 5.56 Å². The number of sulfonamides is 1. The maximum atomic E-state index is 13.1. The summed E-state index contributed by atoms with van der Waals surface area (Å²) in [6, 6.07) is 6.72. The lowest BCUT2D eigenvalue weighted by atomic mass is 10.0. The highest BCUT2D eigenvalue weighted by atomic mass is 32.2. The van der Waals surface area contributed by atoms with E-state index in [9.17, 15) is 13.2 Å². The maximum Gasteiger partial charge on any atom is 0.264 e. The summed E-state index contributed by atoms with van der Waals surface area (Å²) in [7, 11) is -1.41. The number of H-pyrrole nitrogens is 1. The first kappa shape index (κ1) is 20.7. The lowest BCUT2D eigenvalue weighted by Crippen LogP contribution is -2.47. The summed E-state index contributed by atoms with van der Waals surface area (Å²) in [6.45, 7) is 2.81. The molecule has 8 nitrogen and oxygen atoms in total. The Morgan fingerprint density at radius 1 is 1.24 bits per heavy atom. The summed E-state index contributed by atoms with van der Waals surface area (Å²) in [5.74, 6) is 0. The molecule has 0 saturated carbocycles. The molecule has 0 radical (unpaired) electrons. The molecule has 0 bridgehead atoms. The van der Waals surface area contributed by atoms with Crippen molar-refractivity contribution in [2.24, 2.45) is 0 Å². The molecular formula is C19H26N4O4S2. The Balaban J connectivity index is 1.38. The van der Waals surface area contributed by atoms with E-state index in [4.69, 9.17) is 4.74 Å². The summed E-state index contributed by atoms with van der Waals surface area (Å²) >= 11 is 1.18. The second kappa shape index (κ2) is 8.65. The number of thiophene rings is 1. The quantitative estimate of drug-likeness (QED) is 0.738. The molecular weight excluding hydrogens is 412 g/mol. The van der Waals surface area contributed by atoms with Gasteiger partial charge in [0.15, 0.2) is 0 Å². The SMILES string of the molecule is CN(C[C@@H]1CCCO1)C1CCN(S(=O)(=O)c2ccc(-c3ccc(=O)[nH]n3)s2)CC1. The van der Waals surface area contributed by atoms with E-state index in [2.05, 4.69) is 22.1 Å². The zero-order valence-electron chi connectivity index (χ0n) is 16.4. The zero-order chi connectivity index (χ0) is 20.4. The van der Waals surface area contributed by atoms with Gasteiger partial charge in [0.2, 0.25) is 0 Å². The van der Waals surface area contributed by atoms with Gasteiger partial charge in [-0.1, -0.05) is 0 Å². The highest BCUT2D eigenvalue weighted by molar-refractivity contribution is 7.91. The van der Waals surface area contributed by atoms with E-state index in [1.54, 1.807) is 22.5 Å². The normalized spacial score (nSPS) is 21.8. The van der Waals surface area contributed by atoms with Gasteiger partial charge in [-0.15, -0.1) is 11.3 Å². The molecule has 1 N–H and O–H groups in total. The van der Waals surface area contributed by atoms with Crippen molar-refractivity contribution in [2.45, 2.75) is 42.0 Å². The molecule has 10 heteroatoms. The van der Waals surface area contributed by atoms with Crippen LogP contribution in [-0.4, -0.2) is 73.3 Å². The largest absolute Gasteiger partial charge is 0.377 e. The van der Waals surface area contributed by atoms with Crippen molar-refractivity contribution >= 4 is 21.4 Å². The van der Waals surface area contributed by atoms with E-state index in [1.165, 1.54) is 17.4 Å². The van der Waals surface area contributed by atoms with Gasteiger partial charge in [-0.3, -0.25) is 4.79 Å². The molecule has 2 aromatic rings. The summed E-state index contributed by atoms with van der Waals surface area (Å²) in [5.41, 5.74) is 0.274. The lowest BCUT2D eigenvalue weighted by molar-refractivity contribution is 0.0582. The molecule has 4 rings (SSSR count). The van der Waals surface area contributed by atoms with Crippen LogP contribution in [0.5, 0.6) is 0 Å². The predicted octanol–water partition coefficient (Wildman–Crippen LogP) is 1.76. The van der Waals surface area contributed by atoms with Crippen LogP contribution in [0.25, 0.3) is 10.6 Å². The van der Waals surface area contributed by atoms with Crippen LogP contribution in [0.4, 0.5) is 0 Å². The monoisotopic (exact) mass is 438 g/mol. The van der Waals surface area contributed by atoms with Gasteiger partial charge in [-0.25, -0.2) is 13.5 Å². The van der Waals surface area contributed by atoms with Crippen LogP contribution in [0, 0.1) is 0 Å². The zero-order valence-corrected chi connectivity index (χ0v) is 18.0. The van der Waals surface area contributed by atoms with E-state index in [0.717, 1.165) is 38.8 Å². The fourth-order valence-corrected chi connectivity index (χ4v) is 6.89. The molecule has 29 heavy (non-hydrogen) atoms. The minimum Gasteiger partial charge on any atom is -0.377 e. The summed E-state index contributed by atoms with van der Waals surface area (Å²) in [5, 5.41) is 6.35. The number of likely N-dealkylation sites (N-methyl/N-ethyl adjacent to an activating group) is 1. The topological polar surface area (TPSA) is 95.6 Å². The number of aromatic nitrogens is 2. The minimum absolute atomic E-state index is 0.287. The fraction of sp³-hybridized carbons (Fsp3) is 0.579. The molecule has 0 aliphatic carbocycles. The van der Waals surface area contributed by atoms with Gasteiger partial charge < -0.3 is 9.64 Å². The number of rotatable bonds is 6. The molecule has 1 atom stereocenters. The van der Waals surface area contributed by atoms with Crippen molar-refractivity contribution in [3.63, 3.8) is 0 Å². The third-order valence-corrected chi connectivity index (χ3v) is 9.14. The molecule has 2 aliphatic rings. The first-order valence-electron chi connectivity index (χ1n) is 9.91. The average molecular weight is 439 g/mol. The maximum absolute atomic E-state index is 13.1. The van der Waals surface area contributed by atoms with Crippen LogP contribution < -0.4 is 5.56 Å². The third-order valence-electron chi connectivity index (χ3n) is 5.67. The number of piperidine rings is 1. The standard InChI is InChI=1S/C19H26N4O4S2/c1-22(13-15-3-2-12-27-15)14-8-10-23(11-9-14)29(25,26)19-7-5-17(28-19)16-4-6-18(24)21-20-16/h4-7,14-15H,2-3,8-13H2,1H3,(H,21,24)/t15-/m0/s1. The minimum atomic E-state index is -3.52. The van der Waals surface area contributed by atoms with Gasteiger partial charge in [0, 0.05) is 38.3 Å². The summed E-state index contributed by atoms with van der Waals surface area (Å²) < 4.78 is 33.7. The van der Waals surface area contributed by atoms with Crippen LogP contribution in [0.1, 0.15) is 25.7 Å². The molecule has 0 amide bonds. The summed E-state index contributed by atoms with van der Waals surface area (Å²) in [4.78, 5) is 14.2. The number of hydrogen-bond acceptors (Lipinski definition) is 7. The summed E-state index contributed by atoms with van der Waals surface area (Å²) in [6.07, 6.45) is 4.20. The number of nitrogens with zero attached hydrogens (tertiary/aromatic N) is 3. The van der Waals surface area contributed by atoms with Crippen molar-refractivity contribution < 1.29 is 13.2 Å². The van der Waals surface area contributed by atoms with Crippen molar-refractivity contribution in [1.82, 2.24) is 19.4 Å². The number of aromatic amines is 1. The molecule has 158 valence electrons. The lowest BCUT2D eigenvalue weighted by Gasteiger charge is -2.36. The highest BCUT2D eigenvalue weighted by Crippen LogP contribution is 2.32. The molecule has 2 aliphatic heterocycles. The van der Waals surface area contributed by atoms with E-state index in [0.29, 0.717) is 40.0 Å². The molecule has 0 spiro atoms.